The minimum absolute atomic E-state index is 0. The standard InChI is InChI=1S/C16H19NO2.C6H7.Fe/c1-17(2)11-12-4-5-15(10-12)13-6-8-14(9-7-13)16(18)19-3;1-6-4-2-3-5-6;/h4-10,18H,11H2,1-3H3;2-5H,1H3;/q;-1;+2/p-1. The Balaban J connectivity index is 0.000000410. The number of hydrogen-bond acceptors (Lipinski definition) is 3. The minimum atomic E-state index is -0.303. The molecule has 2 aromatic rings. The van der Waals surface area contributed by atoms with Crippen molar-refractivity contribution in [2.45, 2.75) is 6.92 Å². The van der Waals surface area contributed by atoms with Gasteiger partial charge in [-0.1, -0.05) is 43.3 Å². The average Bonchev–Trinajstić information content (AvgIpc) is 3.26. The van der Waals surface area contributed by atoms with Crippen LogP contribution in [0.2, 0.25) is 0 Å². The van der Waals surface area contributed by atoms with Crippen LogP contribution in [0.4, 0.5) is 0 Å². The van der Waals surface area contributed by atoms with E-state index >= 15 is 0 Å². The van der Waals surface area contributed by atoms with Crippen LogP contribution in [0.5, 0.6) is 0 Å². The maximum atomic E-state index is 11.4. The molecule has 0 aliphatic heterocycles. The number of aryl methyl sites for hydroxylation is 1. The van der Waals surface area contributed by atoms with Gasteiger partial charge in [-0.15, -0.1) is 0 Å². The molecule has 3 rings (SSSR count). The summed E-state index contributed by atoms with van der Waals surface area (Å²) in [4.78, 5) is 2.14. The van der Waals surface area contributed by atoms with Gasteiger partial charge in [-0.25, -0.2) is 12.1 Å². The van der Waals surface area contributed by atoms with Crippen molar-refractivity contribution in [1.29, 1.82) is 0 Å². The summed E-state index contributed by atoms with van der Waals surface area (Å²) < 4.78 is 4.69. The summed E-state index contributed by atoms with van der Waals surface area (Å²) in [5.74, 6) is -0.303. The van der Waals surface area contributed by atoms with Crippen molar-refractivity contribution in [3.63, 3.8) is 0 Å². The molecule has 26 heavy (non-hydrogen) atoms. The molecule has 0 unspecified atom stereocenters. The molecule has 0 radical (unpaired) electrons. The van der Waals surface area contributed by atoms with E-state index in [1.807, 2.05) is 24.3 Å². The van der Waals surface area contributed by atoms with Crippen LogP contribution in [-0.2, 0) is 21.8 Å². The summed E-state index contributed by atoms with van der Waals surface area (Å²) in [6.45, 7) is 3.01. The van der Waals surface area contributed by atoms with Crippen molar-refractivity contribution >= 4 is 11.5 Å². The first-order valence-corrected chi connectivity index (χ1v) is 8.27. The molecule has 0 saturated heterocycles. The summed E-state index contributed by atoms with van der Waals surface area (Å²) >= 11 is 0. The largest absolute Gasteiger partial charge is 2.00 e. The molecule has 0 bridgehead atoms. The van der Waals surface area contributed by atoms with Crippen molar-refractivity contribution in [3.8, 4) is 0 Å². The number of methoxy groups -OCH3 is 1. The van der Waals surface area contributed by atoms with Gasteiger partial charge in [0.1, 0.15) is 0 Å². The third-order valence-electron chi connectivity index (χ3n) is 3.79. The molecule has 0 amide bonds. The van der Waals surface area contributed by atoms with E-state index in [1.165, 1.54) is 23.8 Å². The van der Waals surface area contributed by atoms with Crippen LogP contribution < -0.4 is 15.5 Å². The molecule has 1 aliphatic carbocycles. The van der Waals surface area contributed by atoms with Crippen molar-refractivity contribution in [1.82, 2.24) is 4.90 Å². The van der Waals surface area contributed by atoms with Gasteiger partial charge in [-0.3, -0.25) is 0 Å². The fourth-order valence-electron chi connectivity index (χ4n) is 2.52. The van der Waals surface area contributed by atoms with E-state index < -0.39 is 0 Å². The Bertz CT molecular complexity index is 839. The van der Waals surface area contributed by atoms with Gasteiger partial charge in [0.05, 0.1) is 5.95 Å². The second kappa shape index (κ2) is 10.8. The number of likely N-dealkylation sites (N-methyl/N-ethyl adjacent to an activating group) is 1. The van der Waals surface area contributed by atoms with Crippen LogP contribution in [0.25, 0.3) is 11.5 Å². The summed E-state index contributed by atoms with van der Waals surface area (Å²) in [5.41, 5.74) is 3.81. The van der Waals surface area contributed by atoms with E-state index in [9.17, 15) is 5.11 Å². The van der Waals surface area contributed by atoms with Crippen LogP contribution in [0.15, 0.2) is 72.3 Å². The van der Waals surface area contributed by atoms with Gasteiger partial charge >= 0.3 is 17.1 Å². The molecule has 1 aliphatic rings. The Kier molecular flexibility index (Phi) is 9.08. The van der Waals surface area contributed by atoms with Crippen LogP contribution in [-0.4, -0.2) is 32.6 Å². The van der Waals surface area contributed by atoms with E-state index in [1.54, 1.807) is 12.1 Å². The van der Waals surface area contributed by atoms with Crippen LogP contribution in [0.1, 0.15) is 5.56 Å². The Morgan fingerprint density at radius 2 is 1.81 bits per heavy atom. The monoisotopic (exact) mass is 391 g/mol. The first-order chi connectivity index (χ1) is 12.0. The summed E-state index contributed by atoms with van der Waals surface area (Å²) in [7, 11) is 5.50. The average molecular weight is 391 g/mol. The van der Waals surface area contributed by atoms with Gasteiger partial charge in [0, 0.05) is 6.54 Å². The second-order valence-electron chi connectivity index (χ2n) is 6.28. The zero-order chi connectivity index (χ0) is 18.2. The Labute approximate surface area is 166 Å². The summed E-state index contributed by atoms with van der Waals surface area (Å²) in [6.07, 6.45) is 6.41. The van der Waals surface area contributed by atoms with E-state index in [4.69, 9.17) is 0 Å². The molecule has 0 atom stereocenters. The molecule has 3 nitrogen and oxygen atoms in total. The molecule has 0 saturated carbocycles. The summed E-state index contributed by atoms with van der Waals surface area (Å²) in [5, 5.41) is 13.0. The molecule has 0 N–H and O–H groups in total. The van der Waals surface area contributed by atoms with Crippen molar-refractivity contribution in [3.05, 3.63) is 88.3 Å². The molecule has 0 heterocycles. The van der Waals surface area contributed by atoms with Crippen molar-refractivity contribution < 1.29 is 26.9 Å². The fourth-order valence-corrected chi connectivity index (χ4v) is 2.52. The third-order valence-corrected chi connectivity index (χ3v) is 3.79. The van der Waals surface area contributed by atoms with Crippen LogP contribution in [0, 0.1) is 6.92 Å². The summed E-state index contributed by atoms with van der Waals surface area (Å²) in [6, 6.07) is 15.7. The second-order valence-corrected chi connectivity index (χ2v) is 6.28. The topological polar surface area (TPSA) is 35.5 Å². The van der Waals surface area contributed by atoms with Crippen LogP contribution >= 0.6 is 0 Å². The SMILES string of the molecule is COC([O-])=c1ccc(=C2C=CC(CN(C)C)=C2)cc1.Cc1ccc[cH-]1.[Fe+2]. The number of hydrogen-bond donors (Lipinski definition) is 0. The van der Waals surface area contributed by atoms with Crippen molar-refractivity contribution in [2.24, 2.45) is 0 Å². The van der Waals surface area contributed by atoms with Gasteiger partial charge in [0.25, 0.3) is 0 Å². The van der Waals surface area contributed by atoms with E-state index in [-0.39, 0.29) is 23.0 Å². The first kappa shape index (κ1) is 21.9. The molecule has 138 valence electrons. The predicted molar refractivity (Wildman–Crippen MR) is 102 cm³/mol. The zero-order valence-electron chi connectivity index (χ0n) is 15.7. The Hall–Kier alpha value is -2.13. The normalized spacial score (nSPS) is 12.2. The molecule has 2 aromatic carbocycles. The van der Waals surface area contributed by atoms with Gasteiger partial charge in [0.15, 0.2) is 0 Å². The zero-order valence-corrected chi connectivity index (χ0v) is 16.8. The molecule has 4 heteroatoms. The number of ether oxygens (including phenoxy) is 1. The Morgan fingerprint density at radius 1 is 1.12 bits per heavy atom. The number of benzene rings is 1. The van der Waals surface area contributed by atoms with E-state index in [0.717, 1.165) is 11.8 Å². The number of nitrogens with zero attached hydrogens (tertiary/aromatic N) is 1. The van der Waals surface area contributed by atoms with Gasteiger partial charge in [-0.05, 0) is 48.9 Å². The fraction of sp³-hybridized carbons (Fsp3) is 0.227. The molecular formula is C22H25FeNO2. The van der Waals surface area contributed by atoms with Crippen molar-refractivity contribution in [2.75, 3.05) is 27.7 Å². The predicted octanol–water partition coefficient (Wildman–Crippen LogP) is 1.68. The van der Waals surface area contributed by atoms with Gasteiger partial charge in [-0.2, -0.15) is 17.7 Å². The van der Waals surface area contributed by atoms with E-state index in [0.29, 0.717) is 5.22 Å². The van der Waals surface area contributed by atoms with Gasteiger partial charge in [0.2, 0.25) is 0 Å². The third kappa shape index (κ3) is 6.64. The smallest absolute Gasteiger partial charge is 0.616 e. The van der Waals surface area contributed by atoms with Crippen LogP contribution in [0.3, 0.4) is 0 Å². The van der Waals surface area contributed by atoms with E-state index in [2.05, 4.69) is 61.0 Å². The number of allylic oxidation sites excluding steroid dienone is 2. The molecule has 0 aromatic heterocycles. The maximum absolute atomic E-state index is 11.4. The molecule has 0 spiro atoms. The first-order valence-electron chi connectivity index (χ1n) is 8.27. The van der Waals surface area contributed by atoms with Gasteiger partial charge < -0.3 is 14.7 Å². The quantitative estimate of drug-likeness (QED) is 0.590. The number of rotatable bonds is 3. The Morgan fingerprint density at radius 3 is 2.27 bits per heavy atom. The maximum Gasteiger partial charge on any atom is 2.00 e. The molecular weight excluding hydrogens is 366 g/mol. The minimum Gasteiger partial charge on any atom is -0.616 e. The molecule has 0 fully saturated rings.